The third kappa shape index (κ3) is 5.89. The van der Waals surface area contributed by atoms with Gasteiger partial charge in [0.05, 0.1) is 37.6 Å². The number of hydrogen-bond acceptors (Lipinski definition) is 13. The van der Waals surface area contributed by atoms with Crippen LogP contribution < -0.4 is 0 Å². The van der Waals surface area contributed by atoms with Crippen LogP contribution >= 0.6 is 0 Å². The van der Waals surface area contributed by atoms with Crippen molar-refractivity contribution in [3.8, 4) is 0 Å². The van der Waals surface area contributed by atoms with Gasteiger partial charge in [-0.3, -0.25) is 0 Å². The summed E-state index contributed by atoms with van der Waals surface area (Å²) in [6.45, 7) is 11.2. The van der Waals surface area contributed by atoms with Gasteiger partial charge >= 0.3 is 0 Å². The summed E-state index contributed by atoms with van der Waals surface area (Å²) in [7, 11) is 0. The van der Waals surface area contributed by atoms with E-state index in [4.69, 9.17) is 28.4 Å². The molecule has 1 spiro atoms. The van der Waals surface area contributed by atoms with E-state index in [9.17, 15) is 35.7 Å². The van der Waals surface area contributed by atoms with Gasteiger partial charge in [0.25, 0.3) is 0 Å². The Kier molecular flexibility index (Phi) is 10.2. The fourth-order valence-corrected chi connectivity index (χ4v) is 13.2. The Hall–Kier alpha value is -0.520. The Morgan fingerprint density at radius 2 is 1.50 bits per heavy atom. The van der Waals surface area contributed by atoms with Crippen LogP contribution in [0.25, 0.3) is 0 Å². The largest absolute Gasteiger partial charge is 0.394 e. The lowest BCUT2D eigenvalue weighted by molar-refractivity contribution is -0.374. The average Bonchev–Trinajstić information content (AvgIpc) is 3.56. The maximum atomic E-state index is 11.8. The quantitative estimate of drug-likeness (QED) is 0.200. The smallest absolute Gasteiger partial charge is 0.187 e. The highest BCUT2D eigenvalue weighted by Gasteiger charge is 2.69. The lowest BCUT2D eigenvalue weighted by atomic mass is 9.44. The van der Waals surface area contributed by atoms with Crippen molar-refractivity contribution in [2.45, 2.75) is 178 Å². The lowest BCUT2D eigenvalue weighted by Crippen LogP contribution is -2.65. The summed E-state index contributed by atoms with van der Waals surface area (Å²) in [4.78, 5) is 0. The second kappa shape index (κ2) is 13.8. The first-order chi connectivity index (χ1) is 24.6. The number of aliphatic hydroxyl groups is 7. The Labute approximate surface area is 307 Å². The van der Waals surface area contributed by atoms with Gasteiger partial charge in [0.15, 0.2) is 18.4 Å². The average molecular weight is 741 g/mol. The molecule has 4 heterocycles. The highest BCUT2D eigenvalue weighted by molar-refractivity contribution is 5.16. The zero-order valence-electron chi connectivity index (χ0n) is 31.4. The van der Waals surface area contributed by atoms with Crippen molar-refractivity contribution < 1.29 is 64.2 Å². The second-order valence-corrected chi connectivity index (χ2v) is 18.8. The van der Waals surface area contributed by atoms with Crippen molar-refractivity contribution in [2.24, 2.45) is 52.3 Å². The molecule has 4 aliphatic heterocycles. The zero-order valence-corrected chi connectivity index (χ0v) is 31.4. The predicted molar refractivity (Wildman–Crippen MR) is 183 cm³/mol. The SMILES string of the molecule is CC1OC(OC2C(O[C@@H]3C[C@@H]4CC[C@@H]5[C@H](CC[C@]6(C)C7C(C[C@@H]56)O[C@]5(CC[C@@H](C)CO5)[C@H]7C)[C@@]4(C)C[C@H]3O)OC(CO)C(O)C2O)C(O)C(O)C1O. The van der Waals surface area contributed by atoms with Gasteiger partial charge in [-0.2, -0.15) is 0 Å². The third-order valence-corrected chi connectivity index (χ3v) is 16.2. The van der Waals surface area contributed by atoms with E-state index in [0.29, 0.717) is 48.3 Å². The van der Waals surface area contributed by atoms with Crippen LogP contribution in [0, 0.1) is 52.3 Å². The van der Waals surface area contributed by atoms with Crippen LogP contribution in [-0.2, 0) is 28.4 Å². The normalized spacial score (nSPS) is 60.5. The van der Waals surface area contributed by atoms with Crippen molar-refractivity contribution in [1.29, 1.82) is 0 Å². The number of aliphatic hydroxyl groups excluding tert-OH is 7. The molecule has 4 saturated carbocycles. The number of hydrogen-bond donors (Lipinski definition) is 7. The Morgan fingerprint density at radius 3 is 2.21 bits per heavy atom. The van der Waals surface area contributed by atoms with Gasteiger partial charge in [-0.15, -0.1) is 0 Å². The molecule has 0 aromatic heterocycles. The van der Waals surface area contributed by atoms with E-state index in [-0.39, 0.29) is 22.9 Å². The molecule has 0 amide bonds. The Balaban J connectivity index is 0.962. The van der Waals surface area contributed by atoms with E-state index in [0.717, 1.165) is 51.6 Å². The van der Waals surface area contributed by atoms with Gasteiger partial charge < -0.3 is 64.2 Å². The maximum Gasteiger partial charge on any atom is 0.187 e. The van der Waals surface area contributed by atoms with Crippen LogP contribution in [0.4, 0.5) is 0 Å². The fraction of sp³-hybridized carbons (Fsp3) is 1.00. The van der Waals surface area contributed by atoms with Crippen LogP contribution in [0.3, 0.4) is 0 Å². The molecule has 0 bridgehead atoms. The van der Waals surface area contributed by atoms with Gasteiger partial charge in [-0.05, 0) is 105 Å². The molecule has 13 nitrogen and oxygen atoms in total. The molecular formula is C39H64O13. The van der Waals surface area contributed by atoms with Crippen molar-refractivity contribution >= 4 is 0 Å². The number of rotatable bonds is 5. The van der Waals surface area contributed by atoms with Crippen LogP contribution in [0.5, 0.6) is 0 Å². The number of fused-ring (bicyclic) bond motifs is 7. The van der Waals surface area contributed by atoms with Gasteiger partial charge in [-0.25, -0.2) is 0 Å². The fourth-order valence-electron chi connectivity index (χ4n) is 13.2. The zero-order chi connectivity index (χ0) is 37.1. The summed E-state index contributed by atoms with van der Waals surface area (Å²) in [5.74, 6) is 2.91. The third-order valence-electron chi connectivity index (χ3n) is 16.2. The minimum absolute atomic E-state index is 0.0859. The van der Waals surface area contributed by atoms with Crippen molar-refractivity contribution in [2.75, 3.05) is 13.2 Å². The molecule has 4 aliphatic carbocycles. The minimum Gasteiger partial charge on any atom is -0.394 e. The van der Waals surface area contributed by atoms with Crippen molar-refractivity contribution in [1.82, 2.24) is 0 Å². The molecule has 52 heavy (non-hydrogen) atoms. The first kappa shape index (κ1) is 38.4. The Morgan fingerprint density at radius 1 is 0.731 bits per heavy atom. The van der Waals surface area contributed by atoms with Crippen LogP contribution in [0.15, 0.2) is 0 Å². The van der Waals surface area contributed by atoms with Crippen LogP contribution in [0.2, 0.25) is 0 Å². The molecule has 13 heteroatoms. The van der Waals surface area contributed by atoms with E-state index >= 15 is 0 Å². The monoisotopic (exact) mass is 740 g/mol. The molecule has 12 unspecified atom stereocenters. The number of ether oxygens (including phenoxy) is 6. The van der Waals surface area contributed by atoms with Crippen molar-refractivity contribution in [3.63, 3.8) is 0 Å². The summed E-state index contributed by atoms with van der Waals surface area (Å²) in [5.41, 5.74) is 0.115. The summed E-state index contributed by atoms with van der Waals surface area (Å²) in [5, 5.41) is 74.8. The molecule has 23 atom stereocenters. The molecule has 7 N–H and O–H groups in total. The highest BCUT2D eigenvalue weighted by atomic mass is 16.8. The van der Waals surface area contributed by atoms with E-state index in [1.54, 1.807) is 0 Å². The van der Waals surface area contributed by atoms with Gasteiger partial charge in [0.1, 0.15) is 42.7 Å². The second-order valence-electron chi connectivity index (χ2n) is 18.8. The maximum absolute atomic E-state index is 11.8. The van der Waals surface area contributed by atoms with Crippen LogP contribution in [0.1, 0.15) is 92.4 Å². The van der Waals surface area contributed by atoms with Gasteiger partial charge in [-0.1, -0.05) is 27.7 Å². The van der Waals surface area contributed by atoms with Gasteiger partial charge in [0, 0.05) is 12.3 Å². The lowest BCUT2D eigenvalue weighted by Gasteiger charge is -2.62. The molecule has 0 aromatic carbocycles. The topological polar surface area (TPSA) is 197 Å². The molecule has 0 aromatic rings. The molecule has 4 saturated heterocycles. The van der Waals surface area contributed by atoms with E-state index in [1.165, 1.54) is 6.92 Å². The molecule has 298 valence electrons. The summed E-state index contributed by atoms with van der Waals surface area (Å²) < 4.78 is 37.4. The minimum atomic E-state index is -1.65. The molecule has 8 aliphatic rings. The predicted octanol–water partition coefficient (Wildman–Crippen LogP) is 1.44. The standard InChI is InChI=1S/C39H64O13/c1-17-8-11-39(47-16-17)18(2)28-26(52-39)13-23-21-7-6-20-12-25(24(41)14-38(20,5)22(21)9-10-37(23,28)4)49-36-34(32(45)30(43)27(15-40)50-36)51-35-33(46)31(44)29(42)19(3)48-35/h17-36,40-46H,6-16H2,1-5H3/t17-,18+,19?,20+,21-,22+,23+,24-,25-,26?,27?,28?,29?,30?,31?,32?,33?,34?,35?,36?,37+,38+,39-/m1/s1. The highest BCUT2D eigenvalue weighted by Crippen LogP contribution is 2.71. The molecule has 8 rings (SSSR count). The summed E-state index contributed by atoms with van der Waals surface area (Å²) in [6, 6.07) is 0. The van der Waals surface area contributed by atoms with Crippen molar-refractivity contribution in [3.05, 3.63) is 0 Å². The van der Waals surface area contributed by atoms with Crippen LogP contribution in [-0.4, -0.2) is 134 Å². The van der Waals surface area contributed by atoms with E-state index in [2.05, 4.69) is 27.7 Å². The Bertz CT molecular complexity index is 1280. The molecular weight excluding hydrogens is 676 g/mol. The van der Waals surface area contributed by atoms with E-state index < -0.39 is 86.0 Å². The molecule has 8 fully saturated rings. The first-order valence-electron chi connectivity index (χ1n) is 20.2. The van der Waals surface area contributed by atoms with Gasteiger partial charge in [0.2, 0.25) is 0 Å². The first-order valence-corrected chi connectivity index (χ1v) is 20.2. The molecule has 0 radical (unpaired) electrons. The summed E-state index contributed by atoms with van der Waals surface area (Å²) >= 11 is 0. The summed E-state index contributed by atoms with van der Waals surface area (Å²) in [6.07, 6.45) is -6.51. The van der Waals surface area contributed by atoms with E-state index in [1.807, 2.05) is 0 Å².